The zero-order chi connectivity index (χ0) is 21.9. The molecule has 0 bridgehead atoms. The predicted molar refractivity (Wildman–Crippen MR) is 105 cm³/mol. The molecule has 0 aliphatic carbocycles. The molecule has 1 aliphatic rings. The van der Waals surface area contributed by atoms with Crippen LogP contribution in [-0.4, -0.2) is 62.2 Å². The van der Waals surface area contributed by atoms with Crippen LogP contribution in [0.1, 0.15) is 10.4 Å². The molecular formula is C19H20F2N4O4S. The molecule has 0 atom stereocenters. The van der Waals surface area contributed by atoms with Gasteiger partial charge in [-0.3, -0.25) is 14.5 Å². The van der Waals surface area contributed by atoms with E-state index in [1.54, 1.807) is 23.1 Å². The fourth-order valence-electron chi connectivity index (χ4n) is 3.14. The normalized spacial score (nSPS) is 15.7. The first kappa shape index (κ1) is 21.8. The van der Waals surface area contributed by atoms with Crippen LogP contribution >= 0.6 is 0 Å². The van der Waals surface area contributed by atoms with Crippen LogP contribution in [0.25, 0.3) is 0 Å². The minimum atomic E-state index is -4.19. The lowest BCUT2D eigenvalue weighted by atomic mass is 10.1. The van der Waals surface area contributed by atoms with Gasteiger partial charge in [-0.2, -0.15) is 4.31 Å². The summed E-state index contributed by atoms with van der Waals surface area (Å²) in [5, 5.41) is 2.62. The first-order valence-corrected chi connectivity index (χ1v) is 10.5. The van der Waals surface area contributed by atoms with Crippen molar-refractivity contribution < 1.29 is 26.8 Å². The van der Waals surface area contributed by atoms with E-state index in [1.807, 2.05) is 0 Å². The maximum Gasteiger partial charge on any atom is 0.250 e. The molecule has 1 heterocycles. The smallest absolute Gasteiger partial charge is 0.250 e. The molecular weight excluding hydrogens is 418 g/mol. The SMILES string of the molecule is NC(=O)c1ccccc1NC(=O)CN1CCN(S(=O)(=O)c2cc(F)ccc2F)CC1. The third-order valence-corrected chi connectivity index (χ3v) is 6.59. The highest BCUT2D eigenvalue weighted by molar-refractivity contribution is 7.89. The zero-order valence-corrected chi connectivity index (χ0v) is 16.7. The van der Waals surface area contributed by atoms with Crippen LogP contribution in [0.4, 0.5) is 14.5 Å². The van der Waals surface area contributed by atoms with E-state index >= 15 is 0 Å². The maximum atomic E-state index is 13.9. The van der Waals surface area contributed by atoms with Crippen LogP contribution in [0.3, 0.4) is 0 Å². The summed E-state index contributed by atoms with van der Waals surface area (Å²) in [5.41, 5.74) is 5.75. The van der Waals surface area contributed by atoms with Crippen LogP contribution in [0.15, 0.2) is 47.4 Å². The van der Waals surface area contributed by atoms with Crippen LogP contribution in [0.5, 0.6) is 0 Å². The average molecular weight is 438 g/mol. The summed E-state index contributed by atoms with van der Waals surface area (Å²) >= 11 is 0. The molecule has 1 saturated heterocycles. The number of piperazine rings is 1. The van der Waals surface area contributed by atoms with Crippen molar-refractivity contribution >= 4 is 27.5 Å². The number of benzene rings is 2. The number of amides is 2. The number of sulfonamides is 1. The molecule has 3 rings (SSSR count). The van der Waals surface area contributed by atoms with Gasteiger partial charge in [-0.15, -0.1) is 0 Å². The van der Waals surface area contributed by atoms with Gasteiger partial charge in [-0.05, 0) is 30.3 Å². The van der Waals surface area contributed by atoms with Gasteiger partial charge in [0.1, 0.15) is 16.5 Å². The summed E-state index contributed by atoms with van der Waals surface area (Å²) in [7, 11) is -4.19. The van der Waals surface area contributed by atoms with Crippen molar-refractivity contribution in [3.05, 3.63) is 59.7 Å². The molecule has 2 aromatic rings. The zero-order valence-electron chi connectivity index (χ0n) is 15.8. The summed E-state index contributed by atoms with van der Waals surface area (Å²) in [6.45, 7) is 0.449. The molecule has 30 heavy (non-hydrogen) atoms. The van der Waals surface area contributed by atoms with Gasteiger partial charge in [0.2, 0.25) is 15.9 Å². The molecule has 8 nitrogen and oxygen atoms in total. The second kappa shape index (κ2) is 8.86. The summed E-state index contributed by atoms with van der Waals surface area (Å²) in [6, 6.07) is 8.59. The Morgan fingerprint density at radius 3 is 2.37 bits per heavy atom. The van der Waals surface area contributed by atoms with E-state index in [9.17, 15) is 26.8 Å². The Labute approximate surface area is 172 Å². The molecule has 0 radical (unpaired) electrons. The van der Waals surface area contributed by atoms with E-state index in [2.05, 4.69) is 5.32 Å². The van der Waals surface area contributed by atoms with Crippen molar-refractivity contribution in [1.82, 2.24) is 9.21 Å². The number of primary amides is 1. The lowest BCUT2D eigenvalue weighted by molar-refractivity contribution is -0.117. The molecule has 11 heteroatoms. The summed E-state index contributed by atoms with van der Waals surface area (Å²) in [4.78, 5) is 24.7. The molecule has 1 aliphatic heterocycles. The highest BCUT2D eigenvalue weighted by Crippen LogP contribution is 2.22. The van der Waals surface area contributed by atoms with Crippen molar-refractivity contribution in [3.8, 4) is 0 Å². The number of nitrogens with one attached hydrogen (secondary N) is 1. The van der Waals surface area contributed by atoms with Crippen molar-refractivity contribution in [3.63, 3.8) is 0 Å². The Hall–Kier alpha value is -2.89. The van der Waals surface area contributed by atoms with Gasteiger partial charge >= 0.3 is 0 Å². The number of carbonyl (C=O) groups is 2. The van der Waals surface area contributed by atoms with E-state index in [4.69, 9.17) is 5.73 Å². The first-order valence-electron chi connectivity index (χ1n) is 9.04. The Morgan fingerprint density at radius 1 is 1.03 bits per heavy atom. The molecule has 0 spiro atoms. The van der Waals surface area contributed by atoms with Crippen molar-refractivity contribution in [2.75, 3.05) is 38.0 Å². The standard InChI is InChI=1S/C19H20F2N4O4S/c20-13-5-6-15(21)17(11-13)30(28,29)25-9-7-24(8-10-25)12-18(26)23-16-4-2-1-3-14(16)19(22)27/h1-6,11H,7-10,12H2,(H2,22,27)(H,23,26). The van der Waals surface area contributed by atoms with Crippen LogP contribution in [0, 0.1) is 11.6 Å². The average Bonchev–Trinajstić information content (AvgIpc) is 2.70. The third kappa shape index (κ3) is 4.81. The number of nitrogens with zero attached hydrogens (tertiary/aromatic N) is 2. The number of hydrogen-bond donors (Lipinski definition) is 2. The number of halogens is 2. The fourth-order valence-corrected chi connectivity index (χ4v) is 4.64. The number of rotatable bonds is 6. The highest BCUT2D eigenvalue weighted by atomic mass is 32.2. The van der Waals surface area contributed by atoms with E-state index < -0.39 is 38.4 Å². The van der Waals surface area contributed by atoms with Gasteiger partial charge in [-0.25, -0.2) is 17.2 Å². The van der Waals surface area contributed by atoms with Crippen LogP contribution in [-0.2, 0) is 14.8 Å². The lowest BCUT2D eigenvalue weighted by Crippen LogP contribution is -2.50. The molecule has 0 saturated carbocycles. The van der Waals surface area contributed by atoms with E-state index in [-0.39, 0.29) is 44.0 Å². The Kier molecular flexibility index (Phi) is 6.44. The summed E-state index contributed by atoms with van der Waals surface area (Å²) in [5.74, 6) is -2.93. The second-order valence-electron chi connectivity index (χ2n) is 6.71. The molecule has 3 N–H and O–H groups in total. The van der Waals surface area contributed by atoms with Gasteiger partial charge in [0.25, 0.3) is 5.91 Å². The van der Waals surface area contributed by atoms with Gasteiger partial charge in [0.05, 0.1) is 17.8 Å². The Morgan fingerprint density at radius 2 is 1.70 bits per heavy atom. The maximum absolute atomic E-state index is 13.9. The quantitative estimate of drug-likeness (QED) is 0.699. The number of hydrogen-bond acceptors (Lipinski definition) is 5. The van der Waals surface area contributed by atoms with Crippen molar-refractivity contribution in [2.45, 2.75) is 4.90 Å². The van der Waals surface area contributed by atoms with Crippen LogP contribution in [0.2, 0.25) is 0 Å². The monoisotopic (exact) mass is 438 g/mol. The molecule has 0 unspecified atom stereocenters. The second-order valence-corrected chi connectivity index (χ2v) is 8.62. The van der Waals surface area contributed by atoms with Gasteiger partial charge in [0, 0.05) is 26.2 Å². The number of nitrogens with two attached hydrogens (primary N) is 1. The minimum absolute atomic E-state index is 0.0173. The summed E-state index contributed by atoms with van der Waals surface area (Å²) in [6.07, 6.45) is 0. The third-order valence-electron chi connectivity index (χ3n) is 4.68. The Bertz CT molecular complexity index is 1070. The van der Waals surface area contributed by atoms with Crippen molar-refractivity contribution in [2.24, 2.45) is 5.73 Å². The number of carbonyl (C=O) groups excluding carboxylic acids is 2. The molecule has 0 aromatic heterocycles. The lowest BCUT2D eigenvalue weighted by Gasteiger charge is -2.33. The van der Waals surface area contributed by atoms with Gasteiger partial charge in [0.15, 0.2) is 0 Å². The van der Waals surface area contributed by atoms with E-state index in [1.165, 1.54) is 6.07 Å². The van der Waals surface area contributed by atoms with E-state index in [0.29, 0.717) is 6.07 Å². The Balaban J connectivity index is 1.60. The largest absolute Gasteiger partial charge is 0.366 e. The fraction of sp³-hybridized carbons (Fsp3) is 0.263. The minimum Gasteiger partial charge on any atom is -0.366 e. The molecule has 160 valence electrons. The topological polar surface area (TPSA) is 113 Å². The van der Waals surface area contributed by atoms with Crippen molar-refractivity contribution in [1.29, 1.82) is 0 Å². The molecule has 2 aromatic carbocycles. The van der Waals surface area contributed by atoms with Crippen LogP contribution < -0.4 is 11.1 Å². The summed E-state index contributed by atoms with van der Waals surface area (Å²) < 4.78 is 53.5. The van der Waals surface area contributed by atoms with Gasteiger partial charge in [-0.1, -0.05) is 12.1 Å². The predicted octanol–water partition coefficient (Wildman–Crippen LogP) is 1.01. The first-order chi connectivity index (χ1) is 14.2. The van der Waals surface area contributed by atoms with Gasteiger partial charge < -0.3 is 11.1 Å². The number of para-hydroxylation sites is 1. The molecule has 2 amide bonds. The highest BCUT2D eigenvalue weighted by Gasteiger charge is 2.31. The van der Waals surface area contributed by atoms with E-state index in [0.717, 1.165) is 16.4 Å². The molecule has 1 fully saturated rings. The number of anilines is 1.